The molecule has 32 heavy (non-hydrogen) atoms. The van der Waals surface area contributed by atoms with Crippen molar-refractivity contribution in [2.75, 3.05) is 0 Å². The second-order valence-corrected chi connectivity index (χ2v) is 7.92. The van der Waals surface area contributed by atoms with E-state index in [9.17, 15) is 5.26 Å². The minimum atomic E-state index is -0.383. The molecule has 7 heteroatoms. The van der Waals surface area contributed by atoms with Crippen molar-refractivity contribution in [3.63, 3.8) is 0 Å². The molecule has 0 saturated heterocycles. The standard InChI is InChI=1S/C25H22N6O/c1-15-4-6-18(7-5-15)23-22-21(20(14-26)24(27)32-25(22)30(3)29-23)17-8-10-19(11-9-17)31-13-12-28-16(31)2/h4-13,21H,27H2,1-3H3. The summed E-state index contributed by atoms with van der Waals surface area (Å²) in [7, 11) is 1.82. The van der Waals surface area contributed by atoms with Gasteiger partial charge in [0.15, 0.2) is 0 Å². The molecule has 0 fully saturated rings. The highest BCUT2D eigenvalue weighted by molar-refractivity contribution is 5.71. The Morgan fingerprint density at radius 2 is 1.78 bits per heavy atom. The number of aromatic nitrogens is 4. The number of benzene rings is 2. The number of imidazole rings is 1. The molecule has 1 aliphatic rings. The molecule has 2 N–H and O–H groups in total. The van der Waals surface area contributed by atoms with Gasteiger partial charge in [-0.25, -0.2) is 9.67 Å². The first kappa shape index (κ1) is 19.6. The first-order valence-corrected chi connectivity index (χ1v) is 10.3. The highest BCUT2D eigenvalue weighted by Crippen LogP contribution is 2.46. The van der Waals surface area contributed by atoms with E-state index in [1.165, 1.54) is 5.56 Å². The van der Waals surface area contributed by atoms with Crippen LogP contribution in [-0.2, 0) is 7.05 Å². The molecule has 158 valence electrons. The van der Waals surface area contributed by atoms with E-state index in [1.54, 1.807) is 10.9 Å². The molecule has 4 aromatic rings. The van der Waals surface area contributed by atoms with E-state index in [4.69, 9.17) is 15.6 Å². The molecule has 2 aromatic carbocycles. The molecule has 5 rings (SSSR count). The molecule has 1 atom stereocenters. The lowest BCUT2D eigenvalue weighted by atomic mass is 9.83. The molecule has 2 aromatic heterocycles. The van der Waals surface area contributed by atoms with E-state index in [0.29, 0.717) is 11.5 Å². The largest absolute Gasteiger partial charge is 0.422 e. The summed E-state index contributed by atoms with van der Waals surface area (Å²) in [5.74, 6) is 1.18. The van der Waals surface area contributed by atoms with Gasteiger partial charge < -0.3 is 15.0 Å². The van der Waals surface area contributed by atoms with E-state index < -0.39 is 0 Å². The van der Waals surface area contributed by atoms with Crippen LogP contribution in [0.1, 0.15) is 28.4 Å². The minimum absolute atomic E-state index is 0.109. The number of nitriles is 1. The number of aryl methyl sites for hydroxylation is 3. The molecule has 0 bridgehead atoms. The van der Waals surface area contributed by atoms with Gasteiger partial charge in [-0.15, -0.1) is 0 Å². The van der Waals surface area contributed by atoms with Crippen LogP contribution in [0.4, 0.5) is 0 Å². The van der Waals surface area contributed by atoms with E-state index in [2.05, 4.69) is 11.1 Å². The predicted molar refractivity (Wildman–Crippen MR) is 121 cm³/mol. The first-order chi connectivity index (χ1) is 15.5. The van der Waals surface area contributed by atoms with Crippen LogP contribution in [0.3, 0.4) is 0 Å². The van der Waals surface area contributed by atoms with Gasteiger partial charge in [0.05, 0.1) is 11.5 Å². The Kier molecular flexibility index (Phi) is 4.56. The number of nitrogens with zero attached hydrogens (tertiary/aromatic N) is 5. The Morgan fingerprint density at radius 1 is 1.06 bits per heavy atom. The van der Waals surface area contributed by atoms with E-state index in [0.717, 1.165) is 33.9 Å². The van der Waals surface area contributed by atoms with Crippen LogP contribution < -0.4 is 10.5 Å². The Labute approximate surface area is 186 Å². The van der Waals surface area contributed by atoms with Gasteiger partial charge >= 0.3 is 0 Å². The Morgan fingerprint density at radius 3 is 2.41 bits per heavy atom. The van der Waals surface area contributed by atoms with Crippen LogP contribution in [0.25, 0.3) is 16.9 Å². The fourth-order valence-electron chi connectivity index (χ4n) is 4.21. The Hall–Kier alpha value is -4.31. The van der Waals surface area contributed by atoms with Crippen molar-refractivity contribution in [2.45, 2.75) is 19.8 Å². The summed E-state index contributed by atoms with van der Waals surface area (Å²) in [4.78, 5) is 4.29. The van der Waals surface area contributed by atoms with Crippen LogP contribution in [-0.4, -0.2) is 19.3 Å². The second kappa shape index (κ2) is 7.43. The highest BCUT2D eigenvalue weighted by atomic mass is 16.5. The van der Waals surface area contributed by atoms with Crippen molar-refractivity contribution in [1.82, 2.24) is 19.3 Å². The van der Waals surface area contributed by atoms with Crippen LogP contribution in [0, 0.1) is 25.2 Å². The van der Waals surface area contributed by atoms with Gasteiger partial charge in [-0.3, -0.25) is 0 Å². The van der Waals surface area contributed by atoms with Crippen molar-refractivity contribution >= 4 is 0 Å². The van der Waals surface area contributed by atoms with Gasteiger partial charge in [0.2, 0.25) is 11.8 Å². The third kappa shape index (κ3) is 3.05. The van der Waals surface area contributed by atoms with Crippen LogP contribution >= 0.6 is 0 Å². The molecule has 0 aliphatic carbocycles. The lowest BCUT2D eigenvalue weighted by Crippen LogP contribution is -2.21. The topological polar surface area (TPSA) is 94.7 Å². The fourth-order valence-corrected chi connectivity index (χ4v) is 4.21. The van der Waals surface area contributed by atoms with Crippen molar-refractivity contribution in [2.24, 2.45) is 12.8 Å². The average molecular weight is 422 g/mol. The maximum Gasteiger partial charge on any atom is 0.224 e. The molecular weight excluding hydrogens is 400 g/mol. The summed E-state index contributed by atoms with van der Waals surface area (Å²) < 4.78 is 9.56. The number of ether oxygens (including phenoxy) is 1. The van der Waals surface area contributed by atoms with E-state index in [1.807, 2.05) is 80.2 Å². The van der Waals surface area contributed by atoms with E-state index in [-0.39, 0.29) is 11.8 Å². The van der Waals surface area contributed by atoms with Crippen LogP contribution in [0.2, 0.25) is 0 Å². The highest BCUT2D eigenvalue weighted by Gasteiger charge is 2.36. The number of allylic oxidation sites excluding steroid dienone is 1. The van der Waals surface area contributed by atoms with Gasteiger partial charge in [-0.2, -0.15) is 10.4 Å². The lowest BCUT2D eigenvalue weighted by Gasteiger charge is -2.25. The molecule has 1 aliphatic heterocycles. The van der Waals surface area contributed by atoms with Gasteiger partial charge in [-0.1, -0.05) is 42.0 Å². The predicted octanol–water partition coefficient (Wildman–Crippen LogP) is 4.11. The third-order valence-electron chi connectivity index (χ3n) is 5.85. The number of hydrogen-bond acceptors (Lipinski definition) is 5. The number of rotatable bonds is 3. The SMILES string of the molecule is Cc1ccc(-c2nn(C)c3c2C(c2ccc(-n4ccnc4C)cc2)C(C#N)=C(N)O3)cc1. The summed E-state index contributed by atoms with van der Waals surface area (Å²) in [6, 6.07) is 18.5. The molecule has 3 heterocycles. The average Bonchev–Trinajstić information content (AvgIpc) is 3.37. The molecule has 7 nitrogen and oxygen atoms in total. The van der Waals surface area contributed by atoms with Crippen molar-refractivity contribution < 1.29 is 4.74 Å². The summed E-state index contributed by atoms with van der Waals surface area (Å²) in [6.45, 7) is 4.00. The molecule has 0 spiro atoms. The van der Waals surface area contributed by atoms with Crippen molar-refractivity contribution in [3.8, 4) is 28.9 Å². The zero-order valence-corrected chi connectivity index (χ0v) is 18.1. The summed E-state index contributed by atoms with van der Waals surface area (Å²) >= 11 is 0. The van der Waals surface area contributed by atoms with Crippen molar-refractivity contribution in [1.29, 1.82) is 5.26 Å². The maximum absolute atomic E-state index is 9.96. The molecular formula is C25H22N6O. The number of nitrogens with two attached hydrogens (primary N) is 1. The fraction of sp³-hybridized carbons (Fsp3) is 0.160. The van der Waals surface area contributed by atoms with E-state index >= 15 is 0 Å². The van der Waals surface area contributed by atoms with Gasteiger partial charge in [0, 0.05) is 30.7 Å². The smallest absolute Gasteiger partial charge is 0.224 e. The quantitative estimate of drug-likeness (QED) is 0.536. The number of fused-ring (bicyclic) bond motifs is 1. The van der Waals surface area contributed by atoms with Crippen LogP contribution in [0.15, 0.2) is 72.4 Å². The monoisotopic (exact) mass is 422 g/mol. The number of hydrogen-bond donors (Lipinski definition) is 1. The molecule has 0 radical (unpaired) electrons. The second-order valence-electron chi connectivity index (χ2n) is 7.92. The minimum Gasteiger partial charge on any atom is -0.422 e. The first-order valence-electron chi connectivity index (χ1n) is 10.3. The summed E-state index contributed by atoms with van der Waals surface area (Å²) in [5.41, 5.74) is 12.2. The van der Waals surface area contributed by atoms with Gasteiger partial charge in [0.25, 0.3) is 0 Å². The van der Waals surface area contributed by atoms with Gasteiger partial charge in [-0.05, 0) is 31.5 Å². The normalized spacial score (nSPS) is 15.2. The molecule has 0 amide bonds. The maximum atomic E-state index is 9.96. The van der Waals surface area contributed by atoms with Gasteiger partial charge in [0.1, 0.15) is 23.2 Å². The van der Waals surface area contributed by atoms with Crippen molar-refractivity contribution in [3.05, 3.63) is 94.9 Å². The summed E-state index contributed by atoms with van der Waals surface area (Å²) in [6.07, 6.45) is 3.70. The Balaban J connectivity index is 1.68. The van der Waals surface area contributed by atoms with Crippen LogP contribution in [0.5, 0.6) is 5.88 Å². The third-order valence-corrected chi connectivity index (χ3v) is 5.85. The zero-order chi connectivity index (χ0) is 22.4. The molecule has 1 unspecified atom stereocenters. The summed E-state index contributed by atoms with van der Waals surface area (Å²) in [5, 5.41) is 14.7. The Bertz CT molecular complexity index is 1380. The molecule has 0 saturated carbocycles. The zero-order valence-electron chi connectivity index (χ0n) is 18.1. The lowest BCUT2D eigenvalue weighted by molar-refractivity contribution is 0.358.